The first-order valence-corrected chi connectivity index (χ1v) is 8.07. The van der Waals surface area contributed by atoms with Gasteiger partial charge in [0.1, 0.15) is 10.7 Å². The molecule has 2 aromatic heterocycles. The van der Waals surface area contributed by atoms with E-state index in [1.807, 2.05) is 5.38 Å². The monoisotopic (exact) mass is 329 g/mol. The molecule has 0 radical (unpaired) electrons. The molecular weight excluding hydrogens is 317 g/mol. The Balaban J connectivity index is 1.59. The molecule has 1 aliphatic rings. The van der Waals surface area contributed by atoms with E-state index >= 15 is 0 Å². The highest BCUT2D eigenvalue weighted by atomic mass is 32.1. The van der Waals surface area contributed by atoms with Crippen LogP contribution in [0.15, 0.2) is 40.2 Å². The van der Waals surface area contributed by atoms with Crippen LogP contribution in [0.4, 0.5) is 10.1 Å². The number of benzene rings is 1. The van der Waals surface area contributed by atoms with Crippen molar-refractivity contribution in [3.05, 3.63) is 52.9 Å². The van der Waals surface area contributed by atoms with Crippen molar-refractivity contribution in [2.75, 3.05) is 5.32 Å². The largest absolute Gasteiger partial charge is 0.333 e. The van der Waals surface area contributed by atoms with Gasteiger partial charge in [-0.25, -0.2) is 4.39 Å². The Morgan fingerprint density at radius 3 is 2.91 bits per heavy atom. The van der Waals surface area contributed by atoms with Crippen LogP contribution < -0.4 is 5.32 Å². The van der Waals surface area contributed by atoms with Crippen LogP contribution in [0.1, 0.15) is 34.9 Å². The van der Waals surface area contributed by atoms with Gasteiger partial charge >= 0.3 is 0 Å². The lowest BCUT2D eigenvalue weighted by atomic mass is 10.2. The number of amides is 1. The van der Waals surface area contributed by atoms with E-state index in [1.54, 1.807) is 18.2 Å². The lowest BCUT2D eigenvalue weighted by molar-refractivity contribution is 0.102. The Labute approximate surface area is 135 Å². The number of hydrogen-bond donors (Lipinski definition) is 1. The predicted molar refractivity (Wildman–Crippen MR) is 83.9 cm³/mol. The third-order valence-electron chi connectivity index (χ3n) is 3.61. The number of nitrogens with one attached hydrogen (secondary N) is 1. The average Bonchev–Trinajstić information content (AvgIpc) is 3.10. The van der Waals surface area contributed by atoms with Gasteiger partial charge in [0.2, 0.25) is 0 Å². The van der Waals surface area contributed by atoms with Crippen molar-refractivity contribution in [2.45, 2.75) is 18.8 Å². The lowest BCUT2D eigenvalue weighted by Gasteiger charge is -2.05. The minimum absolute atomic E-state index is 0.00570. The Kier molecular flexibility index (Phi) is 3.42. The van der Waals surface area contributed by atoms with Crippen molar-refractivity contribution < 1.29 is 13.7 Å². The molecule has 1 aromatic carbocycles. The van der Waals surface area contributed by atoms with Gasteiger partial charge in [-0.3, -0.25) is 4.79 Å². The van der Waals surface area contributed by atoms with Gasteiger partial charge in [0.15, 0.2) is 5.82 Å². The van der Waals surface area contributed by atoms with Gasteiger partial charge in [0, 0.05) is 5.92 Å². The first kappa shape index (κ1) is 14.1. The Morgan fingerprint density at radius 1 is 1.30 bits per heavy atom. The zero-order valence-corrected chi connectivity index (χ0v) is 12.8. The van der Waals surface area contributed by atoms with Gasteiger partial charge in [-0.1, -0.05) is 17.3 Å². The second-order valence-electron chi connectivity index (χ2n) is 5.33. The number of hydrogen-bond acceptors (Lipinski definition) is 5. The summed E-state index contributed by atoms with van der Waals surface area (Å²) in [5.74, 6) is 0.412. The number of rotatable bonds is 4. The zero-order chi connectivity index (χ0) is 15.8. The fourth-order valence-corrected chi connectivity index (χ4v) is 3.01. The molecule has 0 bridgehead atoms. The van der Waals surface area contributed by atoms with Gasteiger partial charge < -0.3 is 9.84 Å². The number of halogens is 1. The molecule has 1 amide bonds. The van der Waals surface area contributed by atoms with Crippen LogP contribution in [0.5, 0.6) is 0 Å². The molecule has 5 nitrogen and oxygen atoms in total. The molecule has 0 aliphatic heterocycles. The molecule has 7 heteroatoms. The van der Waals surface area contributed by atoms with Crippen molar-refractivity contribution in [3.63, 3.8) is 0 Å². The second kappa shape index (κ2) is 5.58. The molecular formula is C16H12FN3O2S. The van der Waals surface area contributed by atoms with E-state index in [0.717, 1.165) is 12.8 Å². The van der Waals surface area contributed by atoms with Gasteiger partial charge in [0.05, 0.1) is 11.3 Å². The SMILES string of the molecule is O=C(Nc1ccsc1-c1nc(C2CC2)no1)c1ccccc1F. The molecule has 0 saturated heterocycles. The number of nitrogens with zero attached hydrogens (tertiary/aromatic N) is 2. The fourth-order valence-electron chi connectivity index (χ4n) is 2.24. The number of carbonyl (C=O) groups is 1. The third kappa shape index (κ3) is 2.75. The van der Waals surface area contributed by atoms with Crippen molar-refractivity contribution in [3.8, 4) is 10.8 Å². The Bertz CT molecular complexity index is 870. The van der Waals surface area contributed by atoms with Crippen LogP contribution in [0.2, 0.25) is 0 Å². The minimum Gasteiger partial charge on any atom is -0.333 e. The molecule has 1 N–H and O–H groups in total. The highest BCUT2D eigenvalue weighted by Gasteiger charge is 2.29. The smallest absolute Gasteiger partial charge is 0.270 e. The highest BCUT2D eigenvalue weighted by Crippen LogP contribution is 2.40. The summed E-state index contributed by atoms with van der Waals surface area (Å²) in [6.45, 7) is 0. The van der Waals surface area contributed by atoms with Crippen molar-refractivity contribution >= 4 is 22.9 Å². The van der Waals surface area contributed by atoms with E-state index in [4.69, 9.17) is 4.52 Å². The summed E-state index contributed by atoms with van der Waals surface area (Å²) in [5.41, 5.74) is 0.531. The maximum absolute atomic E-state index is 13.7. The molecule has 0 atom stereocenters. The van der Waals surface area contributed by atoms with Gasteiger partial charge in [0.25, 0.3) is 11.8 Å². The molecule has 0 spiro atoms. The van der Waals surface area contributed by atoms with E-state index in [-0.39, 0.29) is 5.56 Å². The van der Waals surface area contributed by atoms with Crippen LogP contribution in [0, 0.1) is 5.82 Å². The van der Waals surface area contributed by atoms with E-state index in [9.17, 15) is 9.18 Å². The van der Waals surface area contributed by atoms with Crippen LogP contribution in [-0.4, -0.2) is 16.0 Å². The third-order valence-corrected chi connectivity index (χ3v) is 4.51. The summed E-state index contributed by atoms with van der Waals surface area (Å²) in [5, 5.41) is 8.49. The molecule has 1 saturated carbocycles. The average molecular weight is 329 g/mol. The van der Waals surface area contributed by atoms with Crippen molar-refractivity contribution in [1.29, 1.82) is 0 Å². The normalized spacial score (nSPS) is 14.0. The van der Waals surface area contributed by atoms with E-state index in [1.165, 1.54) is 23.5 Å². The van der Waals surface area contributed by atoms with Crippen molar-refractivity contribution in [2.24, 2.45) is 0 Å². The van der Waals surface area contributed by atoms with Gasteiger partial charge in [-0.05, 0) is 36.4 Å². The summed E-state index contributed by atoms with van der Waals surface area (Å²) in [6.07, 6.45) is 2.17. The van der Waals surface area contributed by atoms with Crippen molar-refractivity contribution in [1.82, 2.24) is 10.1 Å². The topological polar surface area (TPSA) is 68.0 Å². The Morgan fingerprint density at radius 2 is 2.13 bits per heavy atom. The number of thiophene rings is 1. The molecule has 3 aromatic rings. The number of carbonyl (C=O) groups excluding carboxylic acids is 1. The summed E-state index contributed by atoms with van der Waals surface area (Å²) in [6, 6.07) is 7.59. The summed E-state index contributed by atoms with van der Waals surface area (Å²) >= 11 is 1.38. The Hall–Kier alpha value is -2.54. The second-order valence-corrected chi connectivity index (χ2v) is 6.25. The molecule has 4 rings (SSSR count). The van der Waals surface area contributed by atoms with Crippen LogP contribution in [0.25, 0.3) is 10.8 Å². The maximum Gasteiger partial charge on any atom is 0.270 e. The first-order valence-electron chi connectivity index (χ1n) is 7.19. The summed E-state index contributed by atoms with van der Waals surface area (Å²) in [7, 11) is 0. The van der Waals surface area contributed by atoms with Gasteiger partial charge in [-0.15, -0.1) is 11.3 Å². The van der Waals surface area contributed by atoms with Crippen LogP contribution in [0.3, 0.4) is 0 Å². The lowest BCUT2D eigenvalue weighted by Crippen LogP contribution is -2.13. The first-order chi connectivity index (χ1) is 11.2. The maximum atomic E-state index is 13.7. The van der Waals surface area contributed by atoms with Gasteiger partial charge in [-0.2, -0.15) is 4.98 Å². The molecule has 1 fully saturated rings. The standard InChI is InChI=1S/C16H12FN3O2S/c17-11-4-2-1-3-10(11)15(21)18-12-7-8-23-13(12)16-19-14(20-22-16)9-5-6-9/h1-4,7-9H,5-6H2,(H,18,21). The van der Waals surface area contributed by atoms with Crippen LogP contribution in [-0.2, 0) is 0 Å². The number of aromatic nitrogens is 2. The molecule has 23 heavy (non-hydrogen) atoms. The zero-order valence-electron chi connectivity index (χ0n) is 12.0. The predicted octanol–water partition coefficient (Wildman–Crippen LogP) is 4.07. The quantitative estimate of drug-likeness (QED) is 0.783. The molecule has 0 unspecified atom stereocenters. The highest BCUT2D eigenvalue weighted by molar-refractivity contribution is 7.14. The fraction of sp³-hybridized carbons (Fsp3) is 0.188. The summed E-state index contributed by atoms with van der Waals surface area (Å²) in [4.78, 5) is 17.3. The summed E-state index contributed by atoms with van der Waals surface area (Å²) < 4.78 is 19.0. The van der Waals surface area contributed by atoms with E-state index in [0.29, 0.717) is 28.2 Å². The number of anilines is 1. The van der Waals surface area contributed by atoms with E-state index in [2.05, 4.69) is 15.5 Å². The molecule has 116 valence electrons. The van der Waals surface area contributed by atoms with Crippen LogP contribution >= 0.6 is 11.3 Å². The minimum atomic E-state index is -0.560. The molecule has 1 aliphatic carbocycles. The molecule has 2 heterocycles. The van der Waals surface area contributed by atoms with E-state index < -0.39 is 11.7 Å².